The molecular formula is C20H17F3NO2+. The van der Waals surface area contributed by atoms with Crippen molar-refractivity contribution in [1.82, 2.24) is 0 Å². The van der Waals surface area contributed by atoms with E-state index in [1.54, 1.807) is 0 Å². The molecule has 0 fully saturated rings. The van der Waals surface area contributed by atoms with E-state index in [4.69, 9.17) is 9.47 Å². The molecule has 3 nitrogen and oxygen atoms in total. The molecule has 0 spiro atoms. The molecule has 2 heterocycles. The van der Waals surface area contributed by atoms with Crippen LogP contribution in [-0.2, 0) is 12.6 Å². The van der Waals surface area contributed by atoms with Crippen LogP contribution in [0.4, 0.5) is 13.2 Å². The first kappa shape index (κ1) is 16.7. The number of likely N-dealkylation sites (N-methyl/N-ethyl adjacent to an activating group) is 1. The van der Waals surface area contributed by atoms with Gasteiger partial charge in [0.05, 0.1) is 11.1 Å². The van der Waals surface area contributed by atoms with Gasteiger partial charge in [-0.25, -0.2) is 4.58 Å². The Hall–Kier alpha value is -2.76. The highest BCUT2D eigenvalue weighted by Gasteiger charge is 2.30. The molecule has 2 aromatic rings. The highest BCUT2D eigenvalue weighted by atomic mass is 19.4. The number of nitrogens with zero attached hydrogens (tertiary/aromatic N) is 1. The second-order valence-electron chi connectivity index (χ2n) is 6.37. The quantitative estimate of drug-likeness (QED) is 0.751. The molecule has 0 aromatic heterocycles. The number of rotatable bonds is 2. The van der Waals surface area contributed by atoms with Gasteiger partial charge in [0.2, 0.25) is 12.5 Å². The standard InChI is InChI=1S/C20H17F3NO2/c1-24-9-8-14-10-18-19(26-12-25-18)11-16(14)17(24)7-4-13-2-5-15(6-3-13)20(21,22)23/h2-7,10-11H,8-9,12H2,1H3/q+1. The molecular weight excluding hydrogens is 343 g/mol. The van der Waals surface area contributed by atoms with Crippen LogP contribution >= 0.6 is 0 Å². The zero-order valence-electron chi connectivity index (χ0n) is 14.1. The first-order valence-electron chi connectivity index (χ1n) is 8.28. The Morgan fingerprint density at radius 3 is 2.38 bits per heavy atom. The topological polar surface area (TPSA) is 21.5 Å². The number of hydrogen-bond donors (Lipinski definition) is 0. The van der Waals surface area contributed by atoms with Crippen molar-refractivity contribution in [2.45, 2.75) is 12.6 Å². The Labute approximate surface area is 149 Å². The molecule has 0 N–H and O–H groups in total. The number of hydrogen-bond acceptors (Lipinski definition) is 2. The third kappa shape index (κ3) is 3.07. The lowest BCUT2D eigenvalue weighted by Gasteiger charge is -2.15. The average Bonchev–Trinajstić information content (AvgIpc) is 3.06. The Balaban J connectivity index is 1.65. The first-order chi connectivity index (χ1) is 12.4. The van der Waals surface area contributed by atoms with Crippen LogP contribution in [0.15, 0.2) is 42.5 Å². The summed E-state index contributed by atoms with van der Waals surface area (Å²) in [4.78, 5) is 0. The molecule has 0 saturated heterocycles. The molecule has 0 amide bonds. The highest BCUT2D eigenvalue weighted by Crippen LogP contribution is 2.36. The van der Waals surface area contributed by atoms with Crippen molar-refractivity contribution in [3.63, 3.8) is 0 Å². The number of alkyl halides is 3. The molecule has 6 heteroatoms. The summed E-state index contributed by atoms with van der Waals surface area (Å²) in [5.74, 6) is 1.49. The van der Waals surface area contributed by atoms with Gasteiger partial charge in [0.15, 0.2) is 11.5 Å². The molecule has 4 rings (SSSR count). The minimum Gasteiger partial charge on any atom is -0.454 e. The van der Waals surface area contributed by atoms with E-state index < -0.39 is 11.7 Å². The summed E-state index contributed by atoms with van der Waals surface area (Å²) in [6.45, 7) is 1.09. The summed E-state index contributed by atoms with van der Waals surface area (Å²) in [5, 5.41) is 0. The number of ether oxygens (including phenoxy) is 2. The van der Waals surface area contributed by atoms with Crippen LogP contribution in [-0.4, -0.2) is 30.7 Å². The molecule has 0 unspecified atom stereocenters. The number of fused-ring (bicyclic) bond motifs is 2. The monoisotopic (exact) mass is 360 g/mol. The second kappa shape index (κ2) is 6.20. The smallest absolute Gasteiger partial charge is 0.416 e. The maximum atomic E-state index is 12.7. The Morgan fingerprint density at radius 2 is 1.69 bits per heavy atom. The molecule has 0 aliphatic carbocycles. The average molecular weight is 360 g/mol. The van der Waals surface area contributed by atoms with Gasteiger partial charge in [-0.3, -0.25) is 0 Å². The van der Waals surface area contributed by atoms with Crippen molar-refractivity contribution in [3.8, 4) is 11.5 Å². The van der Waals surface area contributed by atoms with Crippen LogP contribution in [0.3, 0.4) is 0 Å². The van der Waals surface area contributed by atoms with Crippen molar-refractivity contribution in [2.75, 3.05) is 20.4 Å². The minimum atomic E-state index is -4.32. The van der Waals surface area contributed by atoms with Crippen molar-refractivity contribution in [1.29, 1.82) is 0 Å². The lowest BCUT2D eigenvalue weighted by molar-refractivity contribution is -0.497. The van der Waals surface area contributed by atoms with E-state index in [0.717, 1.165) is 47.9 Å². The molecule has 0 atom stereocenters. The van der Waals surface area contributed by atoms with E-state index in [1.165, 1.54) is 17.7 Å². The molecule has 0 bridgehead atoms. The van der Waals surface area contributed by atoms with Crippen molar-refractivity contribution < 1.29 is 27.2 Å². The van der Waals surface area contributed by atoms with E-state index in [0.29, 0.717) is 5.56 Å². The van der Waals surface area contributed by atoms with Gasteiger partial charge >= 0.3 is 6.18 Å². The fourth-order valence-electron chi connectivity index (χ4n) is 3.22. The maximum absolute atomic E-state index is 12.7. The van der Waals surface area contributed by atoms with Gasteiger partial charge in [0.1, 0.15) is 13.6 Å². The third-order valence-electron chi connectivity index (χ3n) is 4.67. The summed E-state index contributed by atoms with van der Waals surface area (Å²) in [6, 6.07) is 9.13. The largest absolute Gasteiger partial charge is 0.454 e. The molecule has 0 saturated carbocycles. The van der Waals surface area contributed by atoms with Crippen LogP contribution in [0.1, 0.15) is 22.3 Å². The second-order valence-corrected chi connectivity index (χ2v) is 6.37. The van der Waals surface area contributed by atoms with Gasteiger partial charge in [-0.1, -0.05) is 12.1 Å². The van der Waals surface area contributed by atoms with E-state index in [1.807, 2.05) is 31.3 Å². The normalized spacial score (nSPS) is 16.3. The van der Waals surface area contributed by atoms with Crippen molar-refractivity contribution in [2.24, 2.45) is 0 Å². The zero-order valence-corrected chi connectivity index (χ0v) is 14.1. The summed E-state index contributed by atoms with van der Waals surface area (Å²) in [5.41, 5.74) is 3.32. The van der Waals surface area contributed by atoms with Crippen LogP contribution in [0, 0.1) is 0 Å². The van der Waals surface area contributed by atoms with Gasteiger partial charge < -0.3 is 9.47 Å². The molecule has 2 aliphatic rings. The summed E-state index contributed by atoms with van der Waals surface area (Å²) >= 11 is 0. The molecule has 26 heavy (non-hydrogen) atoms. The van der Waals surface area contributed by atoms with Crippen LogP contribution in [0.25, 0.3) is 6.08 Å². The lowest BCUT2D eigenvalue weighted by Crippen LogP contribution is -2.25. The molecule has 0 radical (unpaired) electrons. The fraction of sp³-hybridized carbons (Fsp3) is 0.250. The van der Waals surface area contributed by atoms with Gasteiger partial charge in [-0.05, 0) is 41.5 Å². The summed E-state index contributed by atoms with van der Waals surface area (Å²) in [7, 11) is 2.00. The Kier molecular flexibility index (Phi) is 3.98. The van der Waals surface area contributed by atoms with E-state index in [-0.39, 0.29) is 6.79 Å². The number of halogens is 3. The lowest BCUT2D eigenvalue weighted by atomic mass is 9.95. The fourth-order valence-corrected chi connectivity index (χ4v) is 3.22. The predicted molar refractivity (Wildman–Crippen MR) is 91.9 cm³/mol. The van der Waals surface area contributed by atoms with Crippen LogP contribution in [0.2, 0.25) is 0 Å². The summed E-state index contributed by atoms with van der Waals surface area (Å²) < 4.78 is 51.1. The van der Waals surface area contributed by atoms with E-state index in [2.05, 4.69) is 4.58 Å². The number of benzene rings is 2. The molecule has 2 aliphatic heterocycles. The van der Waals surface area contributed by atoms with Crippen molar-refractivity contribution >= 4 is 11.8 Å². The minimum absolute atomic E-state index is 0.227. The highest BCUT2D eigenvalue weighted by molar-refractivity contribution is 6.09. The Morgan fingerprint density at radius 1 is 1.00 bits per heavy atom. The maximum Gasteiger partial charge on any atom is 0.416 e. The number of allylic oxidation sites excluding steroid dienone is 1. The van der Waals surface area contributed by atoms with E-state index in [9.17, 15) is 13.2 Å². The van der Waals surface area contributed by atoms with Gasteiger partial charge in [-0.2, -0.15) is 13.2 Å². The van der Waals surface area contributed by atoms with Crippen LogP contribution in [0.5, 0.6) is 11.5 Å². The SMILES string of the molecule is C[N+]1=C(C=Cc2ccc(C(F)(F)F)cc2)c2cc3c(cc2CC1)OCO3. The molecule has 134 valence electrons. The zero-order chi connectivity index (χ0) is 18.3. The summed E-state index contributed by atoms with van der Waals surface area (Å²) in [6.07, 6.45) is 0.344. The van der Waals surface area contributed by atoms with Gasteiger partial charge in [0.25, 0.3) is 0 Å². The first-order valence-corrected chi connectivity index (χ1v) is 8.28. The van der Waals surface area contributed by atoms with Crippen LogP contribution < -0.4 is 9.47 Å². The van der Waals surface area contributed by atoms with Gasteiger partial charge in [-0.15, -0.1) is 0 Å². The van der Waals surface area contributed by atoms with Crippen molar-refractivity contribution in [3.05, 3.63) is 64.7 Å². The third-order valence-corrected chi connectivity index (χ3v) is 4.67. The Bertz CT molecular complexity index is 912. The molecule has 2 aromatic carbocycles. The van der Waals surface area contributed by atoms with Gasteiger partial charge in [0, 0.05) is 12.5 Å². The predicted octanol–water partition coefficient (Wildman–Crippen LogP) is 4.14. The van der Waals surface area contributed by atoms with E-state index >= 15 is 0 Å².